The Bertz CT molecular complexity index is 594. The van der Waals surface area contributed by atoms with Gasteiger partial charge in [-0.25, -0.2) is 4.99 Å². The van der Waals surface area contributed by atoms with E-state index in [2.05, 4.69) is 40.7 Å². The number of guanidine groups is 1. The zero-order valence-corrected chi connectivity index (χ0v) is 13.0. The van der Waals surface area contributed by atoms with E-state index in [9.17, 15) is 5.11 Å². The van der Waals surface area contributed by atoms with Crippen LogP contribution in [0.3, 0.4) is 0 Å². The zero-order valence-electron chi connectivity index (χ0n) is 13.0. The summed E-state index contributed by atoms with van der Waals surface area (Å²) in [6.07, 6.45) is 0.855. The Labute approximate surface area is 131 Å². The van der Waals surface area contributed by atoms with Gasteiger partial charge in [0, 0.05) is 6.54 Å². The van der Waals surface area contributed by atoms with Crippen LogP contribution in [0.2, 0.25) is 0 Å². The fourth-order valence-corrected chi connectivity index (χ4v) is 2.10. The topological polar surface area (TPSA) is 69.8 Å². The van der Waals surface area contributed by atoms with Gasteiger partial charge in [-0.05, 0) is 31.5 Å². The molecule has 5 heteroatoms. The van der Waals surface area contributed by atoms with Gasteiger partial charge in [0.05, 0.1) is 19.4 Å². The van der Waals surface area contributed by atoms with E-state index in [1.54, 1.807) is 18.4 Å². The second kappa shape index (κ2) is 8.24. The fourth-order valence-electron chi connectivity index (χ4n) is 2.10. The monoisotopic (exact) mass is 301 g/mol. The molecule has 0 spiro atoms. The zero-order chi connectivity index (χ0) is 15.8. The van der Waals surface area contributed by atoms with Gasteiger partial charge in [0.1, 0.15) is 11.9 Å². The van der Waals surface area contributed by atoms with E-state index in [0.717, 1.165) is 12.1 Å². The van der Waals surface area contributed by atoms with E-state index in [1.165, 1.54) is 5.56 Å². The summed E-state index contributed by atoms with van der Waals surface area (Å²) in [5.74, 6) is 1.22. The Hall–Kier alpha value is -2.27. The summed E-state index contributed by atoms with van der Waals surface area (Å²) in [7, 11) is 0. The molecule has 3 N–H and O–H groups in total. The Morgan fingerprint density at radius 3 is 2.82 bits per heavy atom. The van der Waals surface area contributed by atoms with Crippen molar-refractivity contribution in [3.05, 3.63) is 59.5 Å². The van der Waals surface area contributed by atoms with E-state index >= 15 is 0 Å². The van der Waals surface area contributed by atoms with Crippen LogP contribution in [0.4, 0.5) is 0 Å². The molecular formula is C17H23N3O2. The largest absolute Gasteiger partial charge is 0.467 e. The molecule has 0 saturated heterocycles. The summed E-state index contributed by atoms with van der Waals surface area (Å²) >= 11 is 0. The maximum Gasteiger partial charge on any atom is 0.191 e. The van der Waals surface area contributed by atoms with Crippen molar-refractivity contribution < 1.29 is 9.52 Å². The van der Waals surface area contributed by atoms with Crippen LogP contribution in [-0.4, -0.2) is 24.2 Å². The average Bonchev–Trinajstić information content (AvgIpc) is 3.04. The highest BCUT2D eigenvalue weighted by Gasteiger charge is 2.10. The van der Waals surface area contributed by atoms with Gasteiger partial charge in [0.25, 0.3) is 0 Å². The molecule has 0 radical (unpaired) electrons. The van der Waals surface area contributed by atoms with E-state index in [4.69, 9.17) is 4.42 Å². The van der Waals surface area contributed by atoms with Crippen molar-refractivity contribution >= 4 is 5.96 Å². The standard InChI is InChI=1S/C17H23N3O2/c1-3-18-17(19-11-14-7-4-6-13(2)10-14)20-12-15(21)16-8-5-9-22-16/h4-10,15,21H,3,11-12H2,1-2H3,(H2,18,19,20). The fraction of sp³-hybridized carbons (Fsp3) is 0.353. The van der Waals surface area contributed by atoms with E-state index in [-0.39, 0.29) is 0 Å². The third-order valence-corrected chi connectivity index (χ3v) is 3.18. The maximum atomic E-state index is 10.0. The van der Waals surface area contributed by atoms with E-state index < -0.39 is 6.10 Å². The molecule has 1 aromatic heterocycles. The number of aryl methyl sites for hydroxylation is 1. The van der Waals surface area contributed by atoms with Crippen LogP contribution in [-0.2, 0) is 6.54 Å². The van der Waals surface area contributed by atoms with Crippen LogP contribution in [0.25, 0.3) is 0 Å². The van der Waals surface area contributed by atoms with Gasteiger partial charge in [-0.1, -0.05) is 29.8 Å². The second-order valence-corrected chi connectivity index (χ2v) is 5.10. The van der Waals surface area contributed by atoms with Crippen molar-refractivity contribution in [1.82, 2.24) is 10.6 Å². The molecule has 0 aliphatic rings. The van der Waals surface area contributed by atoms with Gasteiger partial charge < -0.3 is 20.2 Å². The summed E-state index contributed by atoms with van der Waals surface area (Å²) in [4.78, 5) is 4.53. The molecule has 0 amide bonds. The second-order valence-electron chi connectivity index (χ2n) is 5.10. The Kier molecular flexibility index (Phi) is 6.03. The minimum Gasteiger partial charge on any atom is -0.467 e. The average molecular weight is 301 g/mol. The summed E-state index contributed by atoms with van der Waals surface area (Å²) in [5.41, 5.74) is 2.38. The van der Waals surface area contributed by atoms with Crippen molar-refractivity contribution in [2.75, 3.05) is 13.1 Å². The first-order chi connectivity index (χ1) is 10.7. The van der Waals surface area contributed by atoms with Gasteiger partial charge in [-0.3, -0.25) is 0 Å². The molecule has 2 rings (SSSR count). The van der Waals surface area contributed by atoms with Crippen molar-refractivity contribution in [2.45, 2.75) is 26.5 Å². The van der Waals surface area contributed by atoms with Crippen LogP contribution >= 0.6 is 0 Å². The van der Waals surface area contributed by atoms with Gasteiger partial charge in [-0.2, -0.15) is 0 Å². The Morgan fingerprint density at radius 1 is 1.27 bits per heavy atom. The minimum absolute atomic E-state index is 0.340. The summed E-state index contributed by atoms with van der Waals surface area (Å²) in [6, 6.07) is 11.8. The lowest BCUT2D eigenvalue weighted by Crippen LogP contribution is -2.39. The number of aliphatic hydroxyl groups is 1. The van der Waals surface area contributed by atoms with Gasteiger partial charge in [0.2, 0.25) is 0 Å². The number of nitrogens with zero attached hydrogens (tertiary/aromatic N) is 1. The van der Waals surface area contributed by atoms with Crippen molar-refractivity contribution in [3.63, 3.8) is 0 Å². The number of rotatable bonds is 6. The maximum absolute atomic E-state index is 10.0. The molecule has 0 aliphatic heterocycles. The predicted molar refractivity (Wildman–Crippen MR) is 87.7 cm³/mol. The Morgan fingerprint density at radius 2 is 2.14 bits per heavy atom. The summed E-state index contributed by atoms with van der Waals surface area (Å²) < 4.78 is 5.18. The predicted octanol–water partition coefficient (Wildman–Crippen LogP) is 2.38. The SMILES string of the molecule is CCNC(=NCc1cccc(C)c1)NCC(O)c1ccco1. The molecule has 118 valence electrons. The number of aliphatic hydroxyl groups excluding tert-OH is 1. The lowest BCUT2D eigenvalue weighted by Gasteiger charge is -2.14. The minimum atomic E-state index is -0.696. The number of hydrogen-bond donors (Lipinski definition) is 3. The first-order valence-corrected chi connectivity index (χ1v) is 7.48. The molecule has 5 nitrogen and oxygen atoms in total. The number of aliphatic imine (C=N–C) groups is 1. The highest BCUT2D eigenvalue weighted by atomic mass is 16.4. The third kappa shape index (κ3) is 4.93. The lowest BCUT2D eigenvalue weighted by atomic mass is 10.1. The number of benzene rings is 1. The molecule has 0 aliphatic carbocycles. The van der Waals surface area contributed by atoms with Crippen molar-refractivity contribution in [2.24, 2.45) is 4.99 Å². The number of hydrogen-bond acceptors (Lipinski definition) is 3. The molecule has 1 aromatic carbocycles. The van der Waals surface area contributed by atoms with Crippen LogP contribution in [0.1, 0.15) is 29.9 Å². The number of furan rings is 1. The lowest BCUT2D eigenvalue weighted by molar-refractivity contribution is 0.153. The first kappa shape index (κ1) is 16.1. The van der Waals surface area contributed by atoms with Crippen LogP contribution < -0.4 is 10.6 Å². The van der Waals surface area contributed by atoms with Gasteiger partial charge in [0.15, 0.2) is 5.96 Å². The molecule has 0 bridgehead atoms. The first-order valence-electron chi connectivity index (χ1n) is 7.48. The van der Waals surface area contributed by atoms with Crippen LogP contribution in [0.5, 0.6) is 0 Å². The highest BCUT2D eigenvalue weighted by molar-refractivity contribution is 5.79. The van der Waals surface area contributed by atoms with Crippen LogP contribution in [0.15, 0.2) is 52.1 Å². The molecule has 0 saturated carbocycles. The third-order valence-electron chi connectivity index (χ3n) is 3.18. The quantitative estimate of drug-likeness (QED) is 0.566. The molecule has 1 atom stereocenters. The van der Waals surface area contributed by atoms with E-state index in [1.807, 2.05) is 13.0 Å². The smallest absolute Gasteiger partial charge is 0.191 e. The summed E-state index contributed by atoms with van der Waals surface area (Å²) in [5, 5.41) is 16.3. The van der Waals surface area contributed by atoms with Crippen molar-refractivity contribution in [1.29, 1.82) is 0 Å². The molecular weight excluding hydrogens is 278 g/mol. The van der Waals surface area contributed by atoms with Crippen molar-refractivity contribution in [3.8, 4) is 0 Å². The van der Waals surface area contributed by atoms with Gasteiger partial charge in [-0.15, -0.1) is 0 Å². The Balaban J connectivity index is 1.92. The molecule has 0 fully saturated rings. The molecule has 22 heavy (non-hydrogen) atoms. The van der Waals surface area contributed by atoms with Crippen LogP contribution in [0, 0.1) is 6.92 Å². The highest BCUT2D eigenvalue weighted by Crippen LogP contribution is 2.11. The molecule has 2 aromatic rings. The molecule has 1 heterocycles. The summed E-state index contributed by atoms with van der Waals surface area (Å²) in [6.45, 7) is 5.76. The van der Waals surface area contributed by atoms with E-state index in [0.29, 0.717) is 24.8 Å². The molecule has 1 unspecified atom stereocenters. The van der Waals surface area contributed by atoms with Gasteiger partial charge >= 0.3 is 0 Å². The normalized spacial score (nSPS) is 13.0. The number of nitrogens with one attached hydrogen (secondary N) is 2.